The van der Waals surface area contributed by atoms with E-state index in [9.17, 15) is 9.59 Å². The lowest BCUT2D eigenvalue weighted by Gasteiger charge is -2.13. The Morgan fingerprint density at radius 3 is 2.08 bits per heavy atom. The van der Waals surface area contributed by atoms with Crippen molar-refractivity contribution in [3.8, 4) is 11.5 Å². The van der Waals surface area contributed by atoms with Crippen LogP contribution in [0.15, 0.2) is 48.5 Å². The summed E-state index contributed by atoms with van der Waals surface area (Å²) in [6, 6.07) is 14.6. The van der Waals surface area contributed by atoms with Crippen LogP contribution in [0, 0.1) is 0 Å². The number of benzene rings is 2. The number of carbonyl (C=O) groups excluding carboxylic acids is 2. The van der Waals surface area contributed by atoms with Gasteiger partial charge in [-0.05, 0) is 17.7 Å². The van der Waals surface area contributed by atoms with E-state index in [1.165, 1.54) is 14.2 Å². The third-order valence-electron chi connectivity index (χ3n) is 3.40. The quantitative estimate of drug-likeness (QED) is 0.812. The summed E-state index contributed by atoms with van der Waals surface area (Å²) in [7, 11) is 2.94. The van der Waals surface area contributed by atoms with Crippen molar-refractivity contribution in [2.24, 2.45) is 0 Å². The van der Waals surface area contributed by atoms with E-state index < -0.39 is 5.91 Å². The Bertz CT molecular complexity index is 679. The maximum atomic E-state index is 12.3. The van der Waals surface area contributed by atoms with Gasteiger partial charge in [-0.3, -0.25) is 9.59 Å². The summed E-state index contributed by atoms with van der Waals surface area (Å²) in [4.78, 5) is 24.2. The minimum atomic E-state index is -0.431. The minimum absolute atomic E-state index is 0.132. The van der Waals surface area contributed by atoms with Gasteiger partial charge >= 0.3 is 0 Å². The van der Waals surface area contributed by atoms with Crippen LogP contribution in [-0.4, -0.2) is 32.6 Å². The van der Waals surface area contributed by atoms with Gasteiger partial charge in [0.2, 0.25) is 5.91 Å². The first-order valence-electron chi connectivity index (χ1n) is 7.45. The Kier molecular flexibility index (Phi) is 6.19. The van der Waals surface area contributed by atoms with Crippen LogP contribution in [0.3, 0.4) is 0 Å². The van der Waals surface area contributed by atoms with Gasteiger partial charge in [-0.25, -0.2) is 0 Å². The standard InChI is InChI=1S/C18H20N2O4/c1-23-14-9-6-10-15(24-2)17(14)18(22)20-12-16(21)19-11-13-7-4-3-5-8-13/h3-10H,11-12H2,1-2H3,(H,19,21)(H,20,22). The highest BCUT2D eigenvalue weighted by atomic mass is 16.5. The molecule has 0 aliphatic rings. The third-order valence-corrected chi connectivity index (χ3v) is 3.40. The van der Waals surface area contributed by atoms with Crippen molar-refractivity contribution in [1.29, 1.82) is 0 Å². The second kappa shape index (κ2) is 8.57. The predicted octanol–water partition coefficient (Wildman–Crippen LogP) is 1.75. The normalized spacial score (nSPS) is 9.92. The molecule has 6 heteroatoms. The lowest BCUT2D eigenvalue weighted by molar-refractivity contribution is -0.120. The van der Waals surface area contributed by atoms with Crippen LogP contribution in [-0.2, 0) is 11.3 Å². The smallest absolute Gasteiger partial charge is 0.259 e. The zero-order valence-electron chi connectivity index (χ0n) is 13.7. The SMILES string of the molecule is COc1cccc(OC)c1C(=O)NCC(=O)NCc1ccccc1. The van der Waals surface area contributed by atoms with E-state index in [-0.39, 0.29) is 18.0 Å². The van der Waals surface area contributed by atoms with Gasteiger partial charge in [0.1, 0.15) is 17.1 Å². The molecule has 0 bridgehead atoms. The fourth-order valence-electron chi connectivity index (χ4n) is 2.18. The molecule has 6 nitrogen and oxygen atoms in total. The second-order valence-corrected chi connectivity index (χ2v) is 4.98. The molecule has 0 aromatic heterocycles. The van der Waals surface area contributed by atoms with Gasteiger partial charge in [0, 0.05) is 6.54 Å². The summed E-state index contributed by atoms with van der Waals surface area (Å²) >= 11 is 0. The molecule has 2 amide bonds. The van der Waals surface area contributed by atoms with Gasteiger partial charge in [-0.15, -0.1) is 0 Å². The minimum Gasteiger partial charge on any atom is -0.496 e. The number of hydrogen-bond donors (Lipinski definition) is 2. The Balaban J connectivity index is 1.92. The molecule has 2 N–H and O–H groups in total. The van der Waals surface area contributed by atoms with Crippen LogP contribution in [0.25, 0.3) is 0 Å². The van der Waals surface area contributed by atoms with E-state index in [1.807, 2.05) is 30.3 Å². The van der Waals surface area contributed by atoms with Crippen molar-refractivity contribution >= 4 is 11.8 Å². The highest BCUT2D eigenvalue weighted by Gasteiger charge is 2.18. The van der Waals surface area contributed by atoms with Crippen LogP contribution in [0.5, 0.6) is 11.5 Å². The number of rotatable bonds is 7. The highest BCUT2D eigenvalue weighted by molar-refractivity contribution is 6.01. The summed E-state index contributed by atoms with van der Waals surface area (Å²) in [5.74, 6) is 0.0633. The molecular weight excluding hydrogens is 308 g/mol. The topological polar surface area (TPSA) is 76.7 Å². The maximum Gasteiger partial charge on any atom is 0.259 e. The van der Waals surface area contributed by atoms with Gasteiger partial charge in [-0.1, -0.05) is 36.4 Å². The second-order valence-electron chi connectivity index (χ2n) is 4.98. The molecule has 0 radical (unpaired) electrons. The molecule has 0 fully saturated rings. The monoisotopic (exact) mass is 328 g/mol. The first-order valence-corrected chi connectivity index (χ1v) is 7.45. The van der Waals surface area contributed by atoms with Crippen LogP contribution in [0.4, 0.5) is 0 Å². The number of carbonyl (C=O) groups is 2. The molecule has 0 spiro atoms. The first kappa shape index (κ1) is 17.3. The lowest BCUT2D eigenvalue weighted by atomic mass is 10.1. The number of hydrogen-bond acceptors (Lipinski definition) is 4. The highest BCUT2D eigenvalue weighted by Crippen LogP contribution is 2.27. The average Bonchev–Trinajstić information content (AvgIpc) is 2.64. The fourth-order valence-corrected chi connectivity index (χ4v) is 2.18. The van der Waals surface area contributed by atoms with E-state index in [0.717, 1.165) is 5.56 Å². The molecule has 0 heterocycles. The molecule has 2 aromatic carbocycles. The third kappa shape index (κ3) is 4.49. The molecular formula is C18H20N2O4. The van der Waals surface area contributed by atoms with Gasteiger partial charge in [-0.2, -0.15) is 0 Å². The van der Waals surface area contributed by atoms with E-state index in [4.69, 9.17) is 9.47 Å². The Morgan fingerprint density at radius 2 is 1.50 bits per heavy atom. The van der Waals surface area contributed by atoms with Crippen molar-refractivity contribution in [2.45, 2.75) is 6.54 Å². The Hall–Kier alpha value is -3.02. The van der Waals surface area contributed by atoms with Crippen LogP contribution in [0.2, 0.25) is 0 Å². The lowest BCUT2D eigenvalue weighted by Crippen LogP contribution is -2.36. The van der Waals surface area contributed by atoms with Crippen molar-refractivity contribution in [3.63, 3.8) is 0 Å². The number of amides is 2. The molecule has 2 aromatic rings. The largest absolute Gasteiger partial charge is 0.496 e. The number of ether oxygens (including phenoxy) is 2. The number of methoxy groups -OCH3 is 2. The molecule has 0 saturated carbocycles. The van der Waals surface area contributed by atoms with Gasteiger partial charge in [0.15, 0.2) is 0 Å². The van der Waals surface area contributed by atoms with Crippen LogP contribution >= 0.6 is 0 Å². The first-order chi connectivity index (χ1) is 11.7. The summed E-state index contributed by atoms with van der Waals surface area (Å²) in [6.45, 7) is 0.278. The van der Waals surface area contributed by atoms with Gasteiger partial charge in [0.25, 0.3) is 5.91 Å². The predicted molar refractivity (Wildman–Crippen MR) is 90.2 cm³/mol. The average molecular weight is 328 g/mol. The summed E-state index contributed by atoms with van der Waals surface area (Å²) in [5.41, 5.74) is 1.25. The molecule has 0 unspecified atom stereocenters. The van der Waals surface area contributed by atoms with E-state index >= 15 is 0 Å². The molecule has 126 valence electrons. The molecule has 0 aliphatic heterocycles. The van der Waals surface area contributed by atoms with Gasteiger partial charge in [0.05, 0.1) is 20.8 Å². The van der Waals surface area contributed by atoms with Crippen molar-refractivity contribution in [3.05, 3.63) is 59.7 Å². The van der Waals surface area contributed by atoms with Crippen molar-refractivity contribution < 1.29 is 19.1 Å². The zero-order chi connectivity index (χ0) is 17.4. The molecule has 24 heavy (non-hydrogen) atoms. The van der Waals surface area contributed by atoms with Gasteiger partial charge < -0.3 is 20.1 Å². The van der Waals surface area contributed by atoms with E-state index in [2.05, 4.69) is 10.6 Å². The fraction of sp³-hybridized carbons (Fsp3) is 0.222. The molecule has 0 aliphatic carbocycles. The Labute approximate surface area is 140 Å². The summed E-state index contributed by atoms with van der Waals surface area (Å²) < 4.78 is 10.4. The maximum absolute atomic E-state index is 12.3. The zero-order valence-corrected chi connectivity index (χ0v) is 13.7. The summed E-state index contributed by atoms with van der Waals surface area (Å²) in [5, 5.41) is 5.32. The Morgan fingerprint density at radius 1 is 0.875 bits per heavy atom. The summed E-state index contributed by atoms with van der Waals surface area (Å²) in [6.07, 6.45) is 0. The molecule has 2 rings (SSSR count). The molecule has 0 saturated heterocycles. The molecule has 0 atom stereocenters. The van der Waals surface area contributed by atoms with Crippen molar-refractivity contribution in [2.75, 3.05) is 20.8 Å². The number of nitrogens with one attached hydrogen (secondary N) is 2. The van der Waals surface area contributed by atoms with Crippen LogP contribution in [0.1, 0.15) is 15.9 Å². The van der Waals surface area contributed by atoms with Crippen LogP contribution < -0.4 is 20.1 Å². The van der Waals surface area contributed by atoms with E-state index in [0.29, 0.717) is 18.0 Å². The van der Waals surface area contributed by atoms with Crippen molar-refractivity contribution in [1.82, 2.24) is 10.6 Å². The van der Waals surface area contributed by atoms with E-state index in [1.54, 1.807) is 18.2 Å².